The zero-order valence-corrected chi connectivity index (χ0v) is 12.8. The minimum Gasteiger partial charge on any atom is -0.308 e. The van der Waals surface area contributed by atoms with Crippen molar-refractivity contribution in [2.24, 2.45) is 5.92 Å². The average molecular weight is 252 g/mol. The van der Waals surface area contributed by atoms with E-state index >= 15 is 0 Å². The molecule has 1 heterocycles. The summed E-state index contributed by atoms with van der Waals surface area (Å²) in [6.45, 7) is 12.0. The molecule has 0 aromatic carbocycles. The van der Waals surface area contributed by atoms with Crippen molar-refractivity contribution in [1.29, 1.82) is 0 Å². The molecule has 0 spiro atoms. The molecule has 1 aliphatic heterocycles. The van der Waals surface area contributed by atoms with Crippen molar-refractivity contribution in [2.75, 3.05) is 13.1 Å². The molecule has 2 rings (SSSR count). The van der Waals surface area contributed by atoms with Gasteiger partial charge in [-0.2, -0.15) is 0 Å². The van der Waals surface area contributed by atoms with Gasteiger partial charge >= 0.3 is 0 Å². The Kier molecular flexibility index (Phi) is 4.71. The van der Waals surface area contributed by atoms with E-state index in [-0.39, 0.29) is 5.54 Å². The van der Waals surface area contributed by atoms with Gasteiger partial charge in [0.1, 0.15) is 0 Å². The summed E-state index contributed by atoms with van der Waals surface area (Å²) in [5, 5.41) is 3.88. The van der Waals surface area contributed by atoms with E-state index in [1.165, 1.54) is 51.6 Å². The largest absolute Gasteiger partial charge is 0.308 e. The monoisotopic (exact) mass is 252 g/mol. The van der Waals surface area contributed by atoms with Gasteiger partial charge in [-0.25, -0.2) is 0 Å². The second-order valence-electron chi connectivity index (χ2n) is 7.59. The van der Waals surface area contributed by atoms with Gasteiger partial charge in [-0.05, 0) is 58.9 Å². The third kappa shape index (κ3) is 3.96. The van der Waals surface area contributed by atoms with Crippen molar-refractivity contribution in [1.82, 2.24) is 10.2 Å². The van der Waals surface area contributed by atoms with Crippen LogP contribution in [0, 0.1) is 5.92 Å². The fraction of sp³-hybridized carbons (Fsp3) is 1.00. The normalized spacial score (nSPS) is 35.7. The van der Waals surface area contributed by atoms with Crippen LogP contribution in [-0.2, 0) is 0 Å². The Morgan fingerprint density at radius 1 is 1.00 bits per heavy atom. The molecule has 3 atom stereocenters. The minimum atomic E-state index is 0.252. The first-order chi connectivity index (χ1) is 8.46. The van der Waals surface area contributed by atoms with Crippen molar-refractivity contribution < 1.29 is 0 Å². The highest BCUT2D eigenvalue weighted by Gasteiger charge is 2.33. The number of hydrogen-bond acceptors (Lipinski definition) is 2. The molecule has 0 radical (unpaired) electrons. The van der Waals surface area contributed by atoms with Crippen molar-refractivity contribution in [3.05, 3.63) is 0 Å². The van der Waals surface area contributed by atoms with Gasteiger partial charge in [0.2, 0.25) is 0 Å². The van der Waals surface area contributed by atoms with Crippen molar-refractivity contribution in [3.63, 3.8) is 0 Å². The fourth-order valence-corrected chi connectivity index (χ4v) is 3.80. The topological polar surface area (TPSA) is 15.3 Å². The Labute approximate surface area is 114 Å². The van der Waals surface area contributed by atoms with Crippen LogP contribution in [0.2, 0.25) is 0 Å². The average Bonchev–Trinajstić information content (AvgIpc) is 2.27. The summed E-state index contributed by atoms with van der Waals surface area (Å²) in [6.07, 6.45) is 8.44. The fourth-order valence-electron chi connectivity index (χ4n) is 3.80. The van der Waals surface area contributed by atoms with Crippen LogP contribution in [0.25, 0.3) is 0 Å². The highest BCUT2D eigenvalue weighted by molar-refractivity contribution is 4.92. The first-order valence-corrected chi connectivity index (χ1v) is 7.97. The zero-order chi connectivity index (χ0) is 13.2. The summed E-state index contributed by atoms with van der Waals surface area (Å²) >= 11 is 0. The standard InChI is InChI=1S/C16H32N2/c1-13-8-7-11-18(12-13)15-10-6-5-9-14(15)17-16(2,3)4/h13-15,17H,5-12H2,1-4H3/t13-,14-,15-/m0/s1. The lowest BCUT2D eigenvalue weighted by atomic mass is 9.85. The molecular weight excluding hydrogens is 220 g/mol. The Morgan fingerprint density at radius 2 is 1.72 bits per heavy atom. The smallest absolute Gasteiger partial charge is 0.0249 e. The zero-order valence-electron chi connectivity index (χ0n) is 12.8. The molecule has 1 saturated heterocycles. The number of rotatable bonds is 2. The maximum absolute atomic E-state index is 3.88. The summed E-state index contributed by atoms with van der Waals surface area (Å²) in [5.41, 5.74) is 0.252. The number of likely N-dealkylation sites (tertiary alicyclic amines) is 1. The second-order valence-corrected chi connectivity index (χ2v) is 7.59. The summed E-state index contributed by atoms with van der Waals surface area (Å²) in [5.74, 6) is 0.899. The number of hydrogen-bond donors (Lipinski definition) is 1. The van der Waals surface area contributed by atoms with Gasteiger partial charge in [0.25, 0.3) is 0 Å². The van der Waals surface area contributed by atoms with Gasteiger partial charge in [0, 0.05) is 24.2 Å². The summed E-state index contributed by atoms with van der Waals surface area (Å²) in [7, 11) is 0. The van der Waals surface area contributed by atoms with Crippen LogP contribution in [-0.4, -0.2) is 35.6 Å². The molecule has 2 aliphatic rings. The molecule has 0 bridgehead atoms. The van der Waals surface area contributed by atoms with E-state index in [1.807, 2.05) is 0 Å². The Hall–Kier alpha value is -0.0800. The molecule has 0 amide bonds. The molecule has 0 aromatic rings. The first kappa shape index (κ1) is 14.3. The van der Waals surface area contributed by atoms with Gasteiger partial charge in [0.05, 0.1) is 0 Å². The molecule has 0 unspecified atom stereocenters. The molecular formula is C16H32N2. The molecule has 2 fully saturated rings. The molecule has 1 N–H and O–H groups in total. The SMILES string of the molecule is C[C@H]1CCCN([C@H]2CCCC[C@@H]2NC(C)(C)C)C1. The molecule has 2 nitrogen and oxygen atoms in total. The number of nitrogens with one attached hydrogen (secondary N) is 1. The highest BCUT2D eigenvalue weighted by atomic mass is 15.2. The molecule has 0 aromatic heterocycles. The molecule has 18 heavy (non-hydrogen) atoms. The van der Waals surface area contributed by atoms with Gasteiger partial charge in [0.15, 0.2) is 0 Å². The Balaban J connectivity index is 1.98. The van der Waals surface area contributed by atoms with Crippen LogP contribution >= 0.6 is 0 Å². The van der Waals surface area contributed by atoms with E-state index in [2.05, 4.69) is 37.9 Å². The lowest BCUT2D eigenvalue weighted by Crippen LogP contribution is -2.57. The van der Waals surface area contributed by atoms with Crippen molar-refractivity contribution in [2.45, 2.75) is 83.8 Å². The lowest BCUT2D eigenvalue weighted by molar-refractivity contribution is 0.0715. The van der Waals surface area contributed by atoms with Crippen LogP contribution in [0.15, 0.2) is 0 Å². The molecule has 1 saturated carbocycles. The van der Waals surface area contributed by atoms with E-state index in [4.69, 9.17) is 0 Å². The minimum absolute atomic E-state index is 0.252. The van der Waals surface area contributed by atoms with Crippen LogP contribution in [0.5, 0.6) is 0 Å². The second kappa shape index (κ2) is 5.92. The maximum atomic E-state index is 3.88. The van der Waals surface area contributed by atoms with E-state index in [1.54, 1.807) is 0 Å². The van der Waals surface area contributed by atoms with Gasteiger partial charge in [-0.1, -0.05) is 19.8 Å². The summed E-state index contributed by atoms with van der Waals surface area (Å²) in [4.78, 5) is 2.79. The summed E-state index contributed by atoms with van der Waals surface area (Å²) < 4.78 is 0. The molecule has 1 aliphatic carbocycles. The van der Waals surface area contributed by atoms with Crippen LogP contribution in [0.3, 0.4) is 0 Å². The van der Waals surface area contributed by atoms with E-state index in [0.29, 0.717) is 6.04 Å². The predicted molar refractivity (Wildman–Crippen MR) is 78.9 cm³/mol. The van der Waals surface area contributed by atoms with Gasteiger partial charge in [-0.15, -0.1) is 0 Å². The first-order valence-electron chi connectivity index (χ1n) is 7.97. The van der Waals surface area contributed by atoms with E-state index in [0.717, 1.165) is 12.0 Å². The van der Waals surface area contributed by atoms with Crippen molar-refractivity contribution in [3.8, 4) is 0 Å². The summed E-state index contributed by atoms with van der Waals surface area (Å²) in [6, 6.07) is 1.50. The van der Waals surface area contributed by atoms with Crippen molar-refractivity contribution >= 4 is 0 Å². The predicted octanol–water partition coefficient (Wildman–Crippen LogP) is 3.42. The highest BCUT2D eigenvalue weighted by Crippen LogP contribution is 2.28. The molecule has 106 valence electrons. The Bertz CT molecular complexity index is 256. The third-order valence-electron chi connectivity index (χ3n) is 4.51. The van der Waals surface area contributed by atoms with Gasteiger partial charge < -0.3 is 5.32 Å². The lowest BCUT2D eigenvalue weighted by Gasteiger charge is -2.45. The van der Waals surface area contributed by atoms with E-state index in [9.17, 15) is 0 Å². The maximum Gasteiger partial charge on any atom is 0.0249 e. The van der Waals surface area contributed by atoms with Crippen LogP contribution < -0.4 is 5.32 Å². The van der Waals surface area contributed by atoms with Gasteiger partial charge in [-0.3, -0.25) is 4.90 Å². The quantitative estimate of drug-likeness (QED) is 0.810. The van der Waals surface area contributed by atoms with E-state index < -0.39 is 0 Å². The third-order valence-corrected chi connectivity index (χ3v) is 4.51. The number of nitrogens with zero attached hydrogens (tertiary/aromatic N) is 1. The number of piperidine rings is 1. The van der Waals surface area contributed by atoms with Crippen LogP contribution in [0.4, 0.5) is 0 Å². The molecule has 2 heteroatoms. The van der Waals surface area contributed by atoms with Crippen LogP contribution in [0.1, 0.15) is 66.2 Å². The Morgan fingerprint density at radius 3 is 2.39 bits per heavy atom.